The van der Waals surface area contributed by atoms with Crippen LogP contribution in [0.25, 0.3) is 33.3 Å². The Bertz CT molecular complexity index is 1410. The summed E-state index contributed by atoms with van der Waals surface area (Å²) in [5.41, 5.74) is 3.38. The SMILES string of the molecule is COc1cc(-c2cnc3[nH]cc(-c4ccnc(F)c4)c3c2)cc(N(C)C(=O)/C=C/CN(C)C)c1F. The van der Waals surface area contributed by atoms with Crippen LogP contribution < -0.4 is 9.64 Å². The number of aromatic nitrogens is 3. The third-order valence-corrected chi connectivity index (χ3v) is 5.56. The molecule has 0 fully saturated rings. The molecule has 0 atom stereocenters. The number of methoxy groups -OCH3 is 1. The topological polar surface area (TPSA) is 74.3 Å². The lowest BCUT2D eigenvalue weighted by Crippen LogP contribution is -2.25. The van der Waals surface area contributed by atoms with E-state index >= 15 is 4.39 Å². The van der Waals surface area contributed by atoms with Crippen LogP contribution in [-0.4, -0.2) is 60.6 Å². The molecule has 0 saturated heterocycles. The molecule has 4 rings (SSSR count). The number of aromatic amines is 1. The van der Waals surface area contributed by atoms with Gasteiger partial charge in [0.2, 0.25) is 5.95 Å². The van der Waals surface area contributed by atoms with E-state index in [1.807, 2.05) is 25.1 Å². The van der Waals surface area contributed by atoms with E-state index in [-0.39, 0.29) is 17.3 Å². The van der Waals surface area contributed by atoms with Gasteiger partial charge in [0.25, 0.3) is 5.91 Å². The molecule has 1 N–H and O–H groups in total. The summed E-state index contributed by atoms with van der Waals surface area (Å²) in [6.45, 7) is 0.581. The number of nitrogens with zero attached hydrogens (tertiary/aromatic N) is 4. The van der Waals surface area contributed by atoms with Crippen LogP contribution in [0.3, 0.4) is 0 Å². The average molecular weight is 478 g/mol. The summed E-state index contributed by atoms with van der Waals surface area (Å²) in [5, 5.41) is 0.758. The van der Waals surface area contributed by atoms with E-state index in [1.54, 1.807) is 36.7 Å². The second kappa shape index (κ2) is 10.0. The molecule has 0 saturated carbocycles. The van der Waals surface area contributed by atoms with E-state index in [4.69, 9.17) is 4.74 Å². The second-order valence-electron chi connectivity index (χ2n) is 8.26. The average Bonchev–Trinajstić information content (AvgIpc) is 3.27. The number of carbonyl (C=O) groups is 1. The van der Waals surface area contributed by atoms with Crippen LogP contribution in [0.2, 0.25) is 0 Å². The Labute approximate surface area is 201 Å². The zero-order valence-corrected chi connectivity index (χ0v) is 19.8. The predicted molar refractivity (Wildman–Crippen MR) is 132 cm³/mol. The lowest BCUT2D eigenvalue weighted by Gasteiger charge is -2.19. The molecule has 0 aliphatic rings. The molecule has 7 nitrogen and oxygen atoms in total. The van der Waals surface area contributed by atoms with Crippen molar-refractivity contribution in [3.05, 3.63) is 72.8 Å². The van der Waals surface area contributed by atoms with Gasteiger partial charge in [-0.15, -0.1) is 0 Å². The molecule has 3 aromatic heterocycles. The summed E-state index contributed by atoms with van der Waals surface area (Å²) in [7, 11) is 6.65. The van der Waals surface area contributed by atoms with Gasteiger partial charge in [-0.2, -0.15) is 4.39 Å². The van der Waals surface area contributed by atoms with Crippen LogP contribution in [-0.2, 0) is 4.79 Å². The number of rotatable bonds is 7. The number of hydrogen-bond acceptors (Lipinski definition) is 5. The van der Waals surface area contributed by atoms with E-state index in [2.05, 4.69) is 15.0 Å². The molecule has 0 aliphatic carbocycles. The Morgan fingerprint density at radius 1 is 1.09 bits per heavy atom. The molecule has 4 aromatic rings. The van der Waals surface area contributed by atoms with Crippen molar-refractivity contribution in [3.8, 4) is 28.0 Å². The molecule has 0 unspecified atom stereocenters. The molecular weight excluding hydrogens is 452 g/mol. The molecular formula is C26H25F2N5O2. The van der Waals surface area contributed by atoms with Crippen LogP contribution >= 0.6 is 0 Å². The highest BCUT2D eigenvalue weighted by atomic mass is 19.1. The molecule has 0 spiro atoms. The van der Waals surface area contributed by atoms with Gasteiger partial charge >= 0.3 is 0 Å². The first-order valence-corrected chi connectivity index (χ1v) is 10.8. The number of amides is 1. The molecule has 180 valence electrons. The van der Waals surface area contributed by atoms with Crippen LogP contribution in [0.15, 0.2) is 61.1 Å². The maximum Gasteiger partial charge on any atom is 0.250 e. The summed E-state index contributed by atoms with van der Waals surface area (Å²) >= 11 is 0. The third kappa shape index (κ3) is 5.04. The van der Waals surface area contributed by atoms with Crippen LogP contribution in [0.5, 0.6) is 5.75 Å². The van der Waals surface area contributed by atoms with Gasteiger partial charge in [0, 0.05) is 60.8 Å². The second-order valence-corrected chi connectivity index (χ2v) is 8.26. The van der Waals surface area contributed by atoms with E-state index < -0.39 is 11.8 Å². The number of likely N-dealkylation sites (N-methyl/N-ethyl adjacent to an activating group) is 2. The lowest BCUT2D eigenvalue weighted by molar-refractivity contribution is -0.113. The van der Waals surface area contributed by atoms with E-state index in [9.17, 15) is 9.18 Å². The van der Waals surface area contributed by atoms with Crippen molar-refractivity contribution in [1.82, 2.24) is 19.9 Å². The van der Waals surface area contributed by atoms with Crippen LogP contribution in [0.1, 0.15) is 0 Å². The van der Waals surface area contributed by atoms with Crippen molar-refractivity contribution >= 4 is 22.6 Å². The van der Waals surface area contributed by atoms with Crippen molar-refractivity contribution in [2.75, 3.05) is 39.7 Å². The summed E-state index contributed by atoms with van der Waals surface area (Å²) in [6, 6.07) is 8.07. The molecule has 0 aliphatic heterocycles. The molecule has 9 heteroatoms. The minimum Gasteiger partial charge on any atom is -0.494 e. The fourth-order valence-electron chi connectivity index (χ4n) is 3.71. The Hall–Kier alpha value is -4.11. The van der Waals surface area contributed by atoms with Crippen molar-refractivity contribution in [2.24, 2.45) is 0 Å². The van der Waals surface area contributed by atoms with Crippen molar-refractivity contribution < 1.29 is 18.3 Å². The third-order valence-electron chi connectivity index (χ3n) is 5.56. The van der Waals surface area contributed by atoms with Crippen molar-refractivity contribution in [2.45, 2.75) is 0 Å². The number of pyridine rings is 2. The van der Waals surface area contributed by atoms with Gasteiger partial charge in [-0.3, -0.25) is 4.79 Å². The Morgan fingerprint density at radius 2 is 1.89 bits per heavy atom. The number of nitrogens with one attached hydrogen (secondary N) is 1. The van der Waals surface area contributed by atoms with Crippen molar-refractivity contribution in [3.63, 3.8) is 0 Å². The first kappa shape index (κ1) is 24.0. The zero-order valence-electron chi connectivity index (χ0n) is 19.8. The van der Waals surface area contributed by atoms with Crippen LogP contribution in [0.4, 0.5) is 14.5 Å². The fraction of sp³-hybridized carbons (Fsp3) is 0.192. The van der Waals surface area contributed by atoms with Gasteiger partial charge in [0.15, 0.2) is 11.6 Å². The normalized spacial score (nSPS) is 11.5. The van der Waals surface area contributed by atoms with Crippen LogP contribution in [0, 0.1) is 11.8 Å². The monoisotopic (exact) mass is 477 g/mol. The molecule has 3 heterocycles. The number of carbonyl (C=O) groups excluding carboxylic acids is 1. The van der Waals surface area contributed by atoms with Gasteiger partial charge in [-0.25, -0.2) is 14.4 Å². The molecule has 1 aromatic carbocycles. The Balaban J connectivity index is 1.77. The number of anilines is 1. The standard InChI is InChI=1S/C26H25F2N5O2/c1-32(2)9-5-6-24(34)33(3)21-11-17(12-22(35-4)25(21)28)18-10-19-20(15-31-26(19)30-14-18)16-7-8-29-23(27)13-16/h5-8,10-15H,9H2,1-4H3,(H,30,31)/b6-5+. The largest absolute Gasteiger partial charge is 0.494 e. The number of benzene rings is 1. The maximum absolute atomic E-state index is 15.1. The fourth-order valence-corrected chi connectivity index (χ4v) is 3.71. The number of hydrogen-bond donors (Lipinski definition) is 1. The first-order valence-electron chi connectivity index (χ1n) is 10.8. The zero-order chi connectivity index (χ0) is 25.1. The molecule has 0 radical (unpaired) electrons. The number of halogens is 2. The van der Waals surface area contributed by atoms with Gasteiger partial charge in [-0.1, -0.05) is 6.08 Å². The van der Waals surface area contributed by atoms with E-state index in [0.717, 1.165) is 10.9 Å². The lowest BCUT2D eigenvalue weighted by atomic mass is 10.0. The predicted octanol–water partition coefficient (Wildman–Crippen LogP) is 4.66. The molecule has 0 bridgehead atoms. The number of H-pyrrole nitrogens is 1. The van der Waals surface area contributed by atoms with Gasteiger partial charge in [-0.05, 0) is 49.5 Å². The number of fused-ring (bicyclic) bond motifs is 1. The molecule has 35 heavy (non-hydrogen) atoms. The van der Waals surface area contributed by atoms with Gasteiger partial charge in [0.1, 0.15) is 5.65 Å². The van der Waals surface area contributed by atoms with Gasteiger partial charge in [0.05, 0.1) is 12.8 Å². The van der Waals surface area contributed by atoms with Gasteiger partial charge < -0.3 is 19.5 Å². The Morgan fingerprint density at radius 3 is 2.60 bits per heavy atom. The summed E-state index contributed by atoms with van der Waals surface area (Å²) in [6.07, 6.45) is 7.92. The highest BCUT2D eigenvalue weighted by Crippen LogP contribution is 2.36. The first-order chi connectivity index (χ1) is 16.8. The number of ether oxygens (including phenoxy) is 1. The minimum atomic E-state index is -0.642. The highest BCUT2D eigenvalue weighted by molar-refractivity contribution is 6.02. The minimum absolute atomic E-state index is 0.0000139. The Kier molecular flexibility index (Phi) is 6.88. The summed E-state index contributed by atoms with van der Waals surface area (Å²) in [5.74, 6) is -1.59. The smallest absolute Gasteiger partial charge is 0.250 e. The van der Waals surface area contributed by atoms with E-state index in [1.165, 1.54) is 37.4 Å². The highest BCUT2D eigenvalue weighted by Gasteiger charge is 2.19. The van der Waals surface area contributed by atoms with E-state index in [0.29, 0.717) is 28.9 Å². The summed E-state index contributed by atoms with van der Waals surface area (Å²) in [4.78, 5) is 27.0. The quantitative estimate of drug-likeness (QED) is 0.310. The molecule has 1 amide bonds. The maximum atomic E-state index is 15.1. The summed E-state index contributed by atoms with van der Waals surface area (Å²) < 4.78 is 34.1. The van der Waals surface area contributed by atoms with Crippen molar-refractivity contribution in [1.29, 1.82) is 0 Å².